The van der Waals surface area contributed by atoms with Crippen molar-refractivity contribution in [3.63, 3.8) is 0 Å². The molecule has 2 aliphatic heterocycles. The summed E-state index contributed by atoms with van der Waals surface area (Å²) < 4.78 is 5.73. The quantitative estimate of drug-likeness (QED) is 0.766. The van der Waals surface area contributed by atoms with Crippen molar-refractivity contribution in [2.24, 2.45) is 4.99 Å². The van der Waals surface area contributed by atoms with Gasteiger partial charge in [-0.15, -0.1) is 0 Å². The molecule has 0 aliphatic carbocycles. The molecule has 0 spiro atoms. The molecule has 1 aromatic rings. The molecule has 0 bridgehead atoms. The van der Waals surface area contributed by atoms with E-state index in [0.29, 0.717) is 30.4 Å². The maximum Gasteiger partial charge on any atom is 0.265 e. The lowest BCUT2D eigenvalue weighted by Gasteiger charge is -2.26. The number of fused-ring (bicyclic) bond motifs is 1. The highest BCUT2D eigenvalue weighted by Crippen LogP contribution is 2.31. The van der Waals surface area contributed by atoms with E-state index in [1.165, 1.54) is 0 Å². The van der Waals surface area contributed by atoms with Gasteiger partial charge in [0.1, 0.15) is 5.75 Å². The van der Waals surface area contributed by atoms with Crippen molar-refractivity contribution in [1.82, 2.24) is 10.6 Å². The van der Waals surface area contributed by atoms with Crippen LogP contribution in [0.4, 0.5) is 5.69 Å². The molecule has 1 atom stereocenters. The van der Waals surface area contributed by atoms with Crippen molar-refractivity contribution < 1.29 is 14.3 Å². The van der Waals surface area contributed by atoms with Crippen molar-refractivity contribution in [2.75, 3.05) is 18.4 Å². The highest BCUT2D eigenvalue weighted by atomic mass is 16.5. The third kappa shape index (κ3) is 3.61. The Bertz CT molecular complexity index is 657. The minimum atomic E-state index is -0.654. The van der Waals surface area contributed by atoms with E-state index in [1.807, 2.05) is 18.2 Å². The van der Waals surface area contributed by atoms with Crippen LogP contribution < -0.4 is 20.7 Å². The van der Waals surface area contributed by atoms with Gasteiger partial charge in [0, 0.05) is 19.4 Å². The zero-order valence-electron chi connectivity index (χ0n) is 13.0. The Kier molecular flexibility index (Phi) is 4.45. The fourth-order valence-corrected chi connectivity index (χ4v) is 2.55. The summed E-state index contributed by atoms with van der Waals surface area (Å²) in [6, 6.07) is 5.75. The van der Waals surface area contributed by atoms with E-state index >= 15 is 0 Å². The number of ether oxygens (including phenoxy) is 1. The molecule has 122 valence electrons. The first-order valence-electron chi connectivity index (χ1n) is 7.84. The molecule has 0 aromatic heterocycles. The lowest BCUT2D eigenvalue weighted by atomic mass is 10.1. The van der Waals surface area contributed by atoms with E-state index in [4.69, 9.17) is 4.74 Å². The van der Waals surface area contributed by atoms with Crippen molar-refractivity contribution in [3.8, 4) is 5.75 Å². The van der Waals surface area contributed by atoms with Gasteiger partial charge in [0.15, 0.2) is 12.1 Å². The van der Waals surface area contributed by atoms with Crippen LogP contribution in [-0.2, 0) is 16.0 Å². The van der Waals surface area contributed by atoms with Crippen molar-refractivity contribution in [3.05, 3.63) is 23.8 Å². The smallest absolute Gasteiger partial charge is 0.265 e. The molecule has 3 N–H and O–H groups in total. The molecule has 7 nitrogen and oxygen atoms in total. The average molecular weight is 316 g/mol. The maximum absolute atomic E-state index is 12.1. The molecule has 0 radical (unpaired) electrons. The molecule has 2 amide bonds. The number of aryl methyl sites for hydroxylation is 1. The molecule has 23 heavy (non-hydrogen) atoms. The summed E-state index contributed by atoms with van der Waals surface area (Å²) in [6.07, 6.45) is 0.755. The first kappa shape index (κ1) is 15.3. The average Bonchev–Trinajstić information content (AvgIpc) is 3.05. The van der Waals surface area contributed by atoms with Gasteiger partial charge in [-0.1, -0.05) is 13.0 Å². The molecule has 2 aliphatic rings. The van der Waals surface area contributed by atoms with Crippen LogP contribution >= 0.6 is 0 Å². The van der Waals surface area contributed by atoms with E-state index in [9.17, 15) is 9.59 Å². The molecule has 1 unspecified atom stereocenters. The van der Waals surface area contributed by atoms with E-state index in [1.54, 1.807) is 0 Å². The minimum absolute atomic E-state index is 0.179. The number of aliphatic imine (C=N–C) groups is 1. The second-order valence-electron chi connectivity index (χ2n) is 5.52. The van der Waals surface area contributed by atoms with Crippen molar-refractivity contribution >= 4 is 23.5 Å². The summed E-state index contributed by atoms with van der Waals surface area (Å²) in [4.78, 5) is 28.1. The SMILES string of the molecule is CCc1ccc2c(c1)NC(=O)C(CCC(=O)NC1=NCCN1)O2. The van der Waals surface area contributed by atoms with Gasteiger partial charge in [-0.3, -0.25) is 19.9 Å². The van der Waals surface area contributed by atoms with Crippen LogP contribution in [0.15, 0.2) is 23.2 Å². The fraction of sp³-hybridized carbons (Fsp3) is 0.438. The number of rotatable bonds is 4. The highest BCUT2D eigenvalue weighted by Gasteiger charge is 2.28. The fourth-order valence-electron chi connectivity index (χ4n) is 2.55. The van der Waals surface area contributed by atoms with Gasteiger partial charge in [0.2, 0.25) is 5.91 Å². The molecule has 0 fully saturated rings. The van der Waals surface area contributed by atoms with E-state index in [-0.39, 0.29) is 18.2 Å². The Morgan fingerprint density at radius 1 is 1.48 bits per heavy atom. The minimum Gasteiger partial charge on any atom is -0.478 e. The summed E-state index contributed by atoms with van der Waals surface area (Å²) in [5.74, 6) is 0.757. The molecule has 0 saturated carbocycles. The van der Waals surface area contributed by atoms with E-state index in [2.05, 4.69) is 27.9 Å². The number of anilines is 1. The zero-order valence-corrected chi connectivity index (χ0v) is 13.0. The van der Waals surface area contributed by atoms with Crippen molar-refractivity contribution in [1.29, 1.82) is 0 Å². The number of nitrogens with zero attached hydrogens (tertiary/aromatic N) is 1. The van der Waals surface area contributed by atoms with Crippen LogP contribution in [0.1, 0.15) is 25.3 Å². The topological polar surface area (TPSA) is 91.8 Å². The maximum atomic E-state index is 12.1. The Morgan fingerprint density at radius 2 is 2.35 bits per heavy atom. The number of hydrogen-bond donors (Lipinski definition) is 3. The lowest BCUT2D eigenvalue weighted by Crippen LogP contribution is -2.40. The second kappa shape index (κ2) is 6.68. The molecule has 1 aromatic carbocycles. The Morgan fingerprint density at radius 3 is 3.09 bits per heavy atom. The highest BCUT2D eigenvalue weighted by molar-refractivity contribution is 5.99. The van der Waals surface area contributed by atoms with Gasteiger partial charge >= 0.3 is 0 Å². The Hall–Kier alpha value is -2.57. The van der Waals surface area contributed by atoms with Gasteiger partial charge in [0.05, 0.1) is 12.2 Å². The summed E-state index contributed by atoms with van der Waals surface area (Å²) >= 11 is 0. The summed E-state index contributed by atoms with van der Waals surface area (Å²) in [5.41, 5.74) is 1.83. The zero-order chi connectivity index (χ0) is 16.2. The largest absolute Gasteiger partial charge is 0.478 e. The number of carbonyl (C=O) groups excluding carboxylic acids is 2. The second-order valence-corrected chi connectivity index (χ2v) is 5.52. The first-order valence-corrected chi connectivity index (χ1v) is 7.84. The molecular formula is C16H20N4O3. The lowest BCUT2D eigenvalue weighted by molar-refractivity contribution is -0.125. The molecular weight excluding hydrogens is 296 g/mol. The first-order chi connectivity index (χ1) is 11.2. The number of benzene rings is 1. The number of hydrogen-bond acceptors (Lipinski definition) is 5. The van der Waals surface area contributed by atoms with Crippen LogP contribution in [0.5, 0.6) is 5.75 Å². The Labute approximate surface area is 134 Å². The van der Waals surface area contributed by atoms with Crippen LogP contribution in [-0.4, -0.2) is 37.0 Å². The molecule has 2 heterocycles. The monoisotopic (exact) mass is 316 g/mol. The number of nitrogens with one attached hydrogen (secondary N) is 3. The van der Waals surface area contributed by atoms with Crippen LogP contribution in [0, 0.1) is 0 Å². The summed E-state index contributed by atoms with van der Waals surface area (Å²) in [7, 11) is 0. The molecule has 3 rings (SSSR count). The number of guanidine groups is 1. The summed E-state index contributed by atoms with van der Waals surface area (Å²) in [5, 5.41) is 8.50. The van der Waals surface area contributed by atoms with Crippen LogP contribution in [0.25, 0.3) is 0 Å². The Balaban J connectivity index is 1.56. The predicted molar refractivity (Wildman–Crippen MR) is 86.5 cm³/mol. The standard InChI is InChI=1S/C16H20N4O3/c1-2-10-3-4-12-11(9-10)19-15(22)13(23-12)5-6-14(21)20-16-17-7-8-18-16/h3-4,9,13H,2,5-8H2,1H3,(H,19,22)(H2,17,18,20,21). The van der Waals surface area contributed by atoms with E-state index in [0.717, 1.165) is 18.5 Å². The molecule has 0 saturated heterocycles. The normalized spacial score (nSPS) is 19.1. The van der Waals surface area contributed by atoms with Gasteiger partial charge in [-0.25, -0.2) is 0 Å². The summed E-state index contributed by atoms with van der Waals surface area (Å²) in [6.45, 7) is 3.46. The van der Waals surface area contributed by atoms with E-state index < -0.39 is 6.10 Å². The van der Waals surface area contributed by atoms with Gasteiger partial charge < -0.3 is 15.4 Å². The van der Waals surface area contributed by atoms with Crippen LogP contribution in [0.2, 0.25) is 0 Å². The van der Waals surface area contributed by atoms with Gasteiger partial charge in [0.25, 0.3) is 5.91 Å². The third-order valence-electron chi connectivity index (χ3n) is 3.84. The third-order valence-corrected chi connectivity index (χ3v) is 3.84. The van der Waals surface area contributed by atoms with Gasteiger partial charge in [-0.05, 0) is 24.1 Å². The molecule has 7 heteroatoms. The predicted octanol–water partition coefficient (Wildman–Crippen LogP) is 0.804. The number of carbonyl (C=O) groups is 2. The van der Waals surface area contributed by atoms with Crippen LogP contribution in [0.3, 0.4) is 0 Å². The number of amides is 2. The van der Waals surface area contributed by atoms with Gasteiger partial charge in [-0.2, -0.15) is 0 Å². The van der Waals surface area contributed by atoms with Crippen molar-refractivity contribution in [2.45, 2.75) is 32.3 Å².